The minimum Gasteiger partial charge on any atom is -0.346 e. The van der Waals surface area contributed by atoms with Gasteiger partial charge in [0.25, 0.3) is 0 Å². The number of hydrogen-bond donors (Lipinski definition) is 1. The molecule has 2 rings (SSSR count). The largest absolute Gasteiger partial charge is 0.405 e. The summed E-state index contributed by atoms with van der Waals surface area (Å²) in [5.41, 5.74) is 1.88. The quantitative estimate of drug-likeness (QED) is 0.819. The van der Waals surface area contributed by atoms with Crippen molar-refractivity contribution in [1.82, 2.24) is 14.5 Å². The summed E-state index contributed by atoms with van der Waals surface area (Å²) in [5.74, 6) is -0.729. The minimum atomic E-state index is -4.45. The van der Waals surface area contributed by atoms with Crippen molar-refractivity contribution in [2.45, 2.75) is 24.9 Å². The molecule has 1 aliphatic rings. The second-order valence-electron chi connectivity index (χ2n) is 6.32. The summed E-state index contributed by atoms with van der Waals surface area (Å²) in [7, 11) is -3.63. The van der Waals surface area contributed by atoms with Crippen LogP contribution in [0.25, 0.3) is 0 Å². The normalized spacial score (nSPS) is 17.3. The predicted molar refractivity (Wildman–Crippen MR) is 90.2 cm³/mol. The fourth-order valence-corrected chi connectivity index (χ4v) is 4.12. The first kappa shape index (κ1) is 20.7. The van der Waals surface area contributed by atoms with Gasteiger partial charge in [0.2, 0.25) is 15.9 Å². The average molecular weight is 393 g/mol. The number of carbonyl (C=O) groups excluding carboxylic acids is 1. The lowest BCUT2D eigenvalue weighted by molar-refractivity contribution is -0.139. The molecule has 0 radical (unpaired) electrons. The molecule has 1 heterocycles. The van der Waals surface area contributed by atoms with E-state index in [1.54, 1.807) is 23.1 Å². The summed E-state index contributed by atoms with van der Waals surface area (Å²) < 4.78 is 63.0. The van der Waals surface area contributed by atoms with Gasteiger partial charge in [0.05, 0.1) is 11.4 Å². The second-order valence-corrected chi connectivity index (χ2v) is 8.26. The Morgan fingerprint density at radius 3 is 2.27 bits per heavy atom. The Kier molecular flexibility index (Phi) is 6.30. The fraction of sp³-hybridized carbons (Fsp3) is 0.562. The summed E-state index contributed by atoms with van der Waals surface area (Å²) in [6.45, 7) is 3.11. The summed E-state index contributed by atoms with van der Waals surface area (Å²) in [4.78, 5) is 13.4. The molecule has 0 unspecified atom stereocenters. The highest BCUT2D eigenvalue weighted by molar-refractivity contribution is 7.89. The number of aryl methyl sites for hydroxylation is 2. The monoisotopic (exact) mass is 393 g/mol. The number of piperazine rings is 1. The molecular formula is C16H22F3N3O3S. The third-order valence-corrected chi connectivity index (χ3v) is 6.20. The molecule has 10 heteroatoms. The Morgan fingerprint density at radius 2 is 1.73 bits per heavy atom. The zero-order chi connectivity index (χ0) is 19.5. The first-order chi connectivity index (χ1) is 12.0. The van der Waals surface area contributed by atoms with Crippen LogP contribution in [0.1, 0.15) is 11.1 Å². The number of carbonyl (C=O) groups is 1. The van der Waals surface area contributed by atoms with E-state index in [-0.39, 0.29) is 37.6 Å². The minimum absolute atomic E-state index is 0.182. The first-order valence-electron chi connectivity index (χ1n) is 8.12. The standard InChI is InChI=1S/C16H22F3N3O3S/c1-12-3-4-14(9-13(12)2)26(24,25)22-7-5-21(6-8-22)10-15(23)20-11-16(17,18)19/h3-4,9H,5-8,10-11H2,1-2H3,(H,20,23). The van der Waals surface area contributed by atoms with Gasteiger partial charge in [-0.15, -0.1) is 0 Å². The van der Waals surface area contributed by atoms with E-state index in [0.29, 0.717) is 0 Å². The van der Waals surface area contributed by atoms with Crippen LogP contribution < -0.4 is 5.32 Å². The molecule has 1 aliphatic heterocycles. The van der Waals surface area contributed by atoms with E-state index < -0.39 is 28.7 Å². The molecular weight excluding hydrogens is 371 g/mol. The number of nitrogens with zero attached hydrogens (tertiary/aromatic N) is 2. The molecule has 0 atom stereocenters. The predicted octanol–water partition coefficient (Wildman–Crippen LogP) is 1.29. The lowest BCUT2D eigenvalue weighted by Gasteiger charge is -2.33. The molecule has 1 N–H and O–H groups in total. The molecule has 1 aromatic rings. The first-order valence-corrected chi connectivity index (χ1v) is 9.56. The Bertz CT molecular complexity index is 758. The van der Waals surface area contributed by atoms with Crippen LogP contribution in [0, 0.1) is 13.8 Å². The van der Waals surface area contributed by atoms with Crippen molar-refractivity contribution in [1.29, 1.82) is 0 Å². The molecule has 6 nitrogen and oxygen atoms in total. The third-order valence-electron chi connectivity index (χ3n) is 4.30. The van der Waals surface area contributed by atoms with Crippen LogP contribution in [-0.4, -0.2) is 69.0 Å². The van der Waals surface area contributed by atoms with Crippen LogP contribution in [0.5, 0.6) is 0 Å². The van der Waals surface area contributed by atoms with Crippen molar-refractivity contribution in [3.05, 3.63) is 29.3 Å². The molecule has 0 saturated carbocycles. The van der Waals surface area contributed by atoms with Crippen LogP contribution in [0.3, 0.4) is 0 Å². The summed E-state index contributed by atoms with van der Waals surface area (Å²) in [5, 5.41) is 1.81. The van der Waals surface area contributed by atoms with Gasteiger partial charge >= 0.3 is 6.18 Å². The van der Waals surface area contributed by atoms with Gasteiger partial charge in [0, 0.05) is 26.2 Å². The zero-order valence-corrected chi connectivity index (χ0v) is 15.5. The Hall–Kier alpha value is -1.65. The van der Waals surface area contributed by atoms with Gasteiger partial charge in [-0.2, -0.15) is 17.5 Å². The maximum atomic E-state index is 12.7. The van der Waals surface area contributed by atoms with E-state index in [1.165, 1.54) is 4.31 Å². The number of halogens is 3. The van der Waals surface area contributed by atoms with Gasteiger partial charge in [-0.1, -0.05) is 6.07 Å². The molecule has 26 heavy (non-hydrogen) atoms. The SMILES string of the molecule is Cc1ccc(S(=O)(=O)N2CCN(CC(=O)NCC(F)(F)F)CC2)cc1C. The zero-order valence-electron chi connectivity index (χ0n) is 14.6. The molecule has 1 aromatic carbocycles. The van der Waals surface area contributed by atoms with E-state index >= 15 is 0 Å². The summed E-state index contributed by atoms with van der Waals surface area (Å²) in [6, 6.07) is 4.94. The van der Waals surface area contributed by atoms with E-state index in [0.717, 1.165) is 11.1 Å². The van der Waals surface area contributed by atoms with Crippen molar-refractivity contribution in [3.8, 4) is 0 Å². The highest BCUT2D eigenvalue weighted by atomic mass is 32.2. The Morgan fingerprint density at radius 1 is 1.12 bits per heavy atom. The number of nitrogens with one attached hydrogen (secondary N) is 1. The lowest BCUT2D eigenvalue weighted by atomic mass is 10.1. The van der Waals surface area contributed by atoms with Crippen LogP contribution in [-0.2, 0) is 14.8 Å². The van der Waals surface area contributed by atoms with E-state index in [1.807, 2.05) is 19.2 Å². The maximum absolute atomic E-state index is 12.7. The summed E-state index contributed by atoms with van der Waals surface area (Å²) in [6.07, 6.45) is -4.45. The van der Waals surface area contributed by atoms with Crippen molar-refractivity contribution >= 4 is 15.9 Å². The van der Waals surface area contributed by atoms with Gasteiger partial charge in [0.15, 0.2) is 0 Å². The van der Waals surface area contributed by atoms with Gasteiger partial charge in [-0.05, 0) is 37.1 Å². The number of alkyl halides is 3. The molecule has 0 spiro atoms. The fourth-order valence-electron chi connectivity index (χ4n) is 2.61. The van der Waals surface area contributed by atoms with Gasteiger partial charge in [-0.3, -0.25) is 9.69 Å². The molecule has 1 fully saturated rings. The smallest absolute Gasteiger partial charge is 0.346 e. The van der Waals surface area contributed by atoms with Crippen LogP contribution in [0.2, 0.25) is 0 Å². The number of sulfonamides is 1. The number of hydrogen-bond acceptors (Lipinski definition) is 4. The van der Waals surface area contributed by atoms with Crippen LogP contribution in [0.15, 0.2) is 23.1 Å². The topological polar surface area (TPSA) is 69.7 Å². The molecule has 1 saturated heterocycles. The Balaban J connectivity index is 1.91. The molecule has 0 bridgehead atoms. The average Bonchev–Trinajstić information content (AvgIpc) is 2.55. The molecule has 1 amide bonds. The third kappa shape index (κ3) is 5.42. The Labute approximate surface area is 151 Å². The van der Waals surface area contributed by atoms with Crippen molar-refractivity contribution < 1.29 is 26.4 Å². The summed E-state index contributed by atoms with van der Waals surface area (Å²) >= 11 is 0. The van der Waals surface area contributed by atoms with Crippen molar-refractivity contribution in [2.75, 3.05) is 39.3 Å². The number of benzene rings is 1. The van der Waals surface area contributed by atoms with Gasteiger partial charge < -0.3 is 5.32 Å². The van der Waals surface area contributed by atoms with Crippen molar-refractivity contribution in [2.24, 2.45) is 0 Å². The maximum Gasteiger partial charge on any atom is 0.405 e. The van der Waals surface area contributed by atoms with Crippen LogP contribution >= 0.6 is 0 Å². The lowest BCUT2D eigenvalue weighted by Crippen LogP contribution is -2.51. The van der Waals surface area contributed by atoms with Gasteiger partial charge in [0.1, 0.15) is 6.54 Å². The van der Waals surface area contributed by atoms with E-state index in [2.05, 4.69) is 0 Å². The van der Waals surface area contributed by atoms with E-state index in [9.17, 15) is 26.4 Å². The molecule has 146 valence electrons. The van der Waals surface area contributed by atoms with Crippen molar-refractivity contribution in [3.63, 3.8) is 0 Å². The van der Waals surface area contributed by atoms with Gasteiger partial charge in [-0.25, -0.2) is 8.42 Å². The highest BCUT2D eigenvalue weighted by Gasteiger charge is 2.30. The molecule has 0 aliphatic carbocycles. The molecule has 0 aromatic heterocycles. The second kappa shape index (κ2) is 7.93. The highest BCUT2D eigenvalue weighted by Crippen LogP contribution is 2.20. The number of rotatable bonds is 5. The number of amides is 1. The van der Waals surface area contributed by atoms with Crippen LogP contribution in [0.4, 0.5) is 13.2 Å². The van der Waals surface area contributed by atoms with E-state index in [4.69, 9.17) is 0 Å².